The molecule has 4 aromatic carbocycles. The third kappa shape index (κ3) is 5.68. The van der Waals surface area contributed by atoms with Crippen LogP contribution in [0.4, 0.5) is 19.6 Å². The number of nitrogens with zero attached hydrogens (tertiary/aromatic N) is 1. The second kappa shape index (κ2) is 11.2. The number of amides is 1. The average molecular weight is 532 g/mol. The molecule has 192 valence electrons. The van der Waals surface area contributed by atoms with Crippen LogP contribution in [0.5, 0.6) is 0 Å². The van der Waals surface area contributed by atoms with Crippen molar-refractivity contribution in [2.75, 3.05) is 5.32 Å². The van der Waals surface area contributed by atoms with Crippen molar-refractivity contribution in [3.05, 3.63) is 114 Å². The van der Waals surface area contributed by atoms with Crippen LogP contribution in [0, 0.1) is 11.6 Å². The number of nitrogens with one attached hydrogen (secondary N) is 2. The summed E-state index contributed by atoms with van der Waals surface area (Å²) in [5.74, 6) is -2.57. The van der Waals surface area contributed by atoms with Gasteiger partial charge in [-0.25, -0.2) is 18.6 Å². The molecule has 0 radical (unpaired) electrons. The van der Waals surface area contributed by atoms with Gasteiger partial charge in [-0.2, -0.15) is 0 Å². The van der Waals surface area contributed by atoms with Gasteiger partial charge in [-0.15, -0.1) is 0 Å². The molecular formula is C29H23F2N3O3S. The molecule has 5 aromatic rings. The van der Waals surface area contributed by atoms with E-state index in [9.17, 15) is 23.5 Å². The maximum Gasteiger partial charge on any atom is 0.330 e. The number of carbonyl (C=O) groups excluding carboxylic acids is 1. The molecule has 0 aliphatic heterocycles. The van der Waals surface area contributed by atoms with Crippen molar-refractivity contribution in [2.45, 2.75) is 13.5 Å². The minimum absolute atomic E-state index is 0. The molecule has 0 fully saturated rings. The molecule has 0 aliphatic rings. The highest BCUT2D eigenvalue weighted by molar-refractivity contribution is 7.22. The number of rotatable bonds is 7. The number of aromatic nitrogens is 1. The van der Waals surface area contributed by atoms with Gasteiger partial charge in [-0.1, -0.05) is 67.3 Å². The van der Waals surface area contributed by atoms with Crippen LogP contribution in [0.2, 0.25) is 0 Å². The van der Waals surface area contributed by atoms with Crippen molar-refractivity contribution in [3.63, 3.8) is 0 Å². The zero-order valence-electron chi connectivity index (χ0n) is 19.1. The summed E-state index contributed by atoms with van der Waals surface area (Å²) in [7, 11) is 0. The number of hydrogen-bond acceptors (Lipinski definition) is 5. The van der Waals surface area contributed by atoms with Crippen LogP contribution in [0.1, 0.15) is 29.4 Å². The zero-order valence-corrected chi connectivity index (χ0v) is 19.9. The van der Waals surface area contributed by atoms with Crippen LogP contribution in [0.15, 0.2) is 91.0 Å². The molecule has 0 saturated heterocycles. The Kier molecular flexibility index (Phi) is 7.78. The summed E-state index contributed by atoms with van der Waals surface area (Å²) >= 11 is 1.22. The molecule has 1 atom stereocenters. The van der Waals surface area contributed by atoms with Crippen LogP contribution in [-0.2, 0) is 4.79 Å². The van der Waals surface area contributed by atoms with Crippen molar-refractivity contribution in [3.8, 4) is 11.1 Å². The highest BCUT2D eigenvalue weighted by Gasteiger charge is 2.22. The molecule has 0 unspecified atom stereocenters. The molecule has 0 spiro atoms. The summed E-state index contributed by atoms with van der Waals surface area (Å²) in [5.41, 5.74) is 2.84. The monoisotopic (exact) mass is 531 g/mol. The Morgan fingerprint density at radius 2 is 1.58 bits per heavy atom. The molecule has 3 N–H and O–H groups in total. The van der Waals surface area contributed by atoms with Gasteiger partial charge >= 0.3 is 5.97 Å². The highest BCUT2D eigenvalue weighted by atomic mass is 32.1. The Hall–Kier alpha value is -4.63. The van der Waals surface area contributed by atoms with Crippen molar-refractivity contribution in [1.82, 2.24) is 10.3 Å². The van der Waals surface area contributed by atoms with Gasteiger partial charge in [0.05, 0.1) is 15.9 Å². The number of fused-ring (bicyclic) bond motifs is 1. The predicted molar refractivity (Wildman–Crippen MR) is 146 cm³/mol. The Labute approximate surface area is 221 Å². The van der Waals surface area contributed by atoms with Crippen molar-refractivity contribution in [1.29, 1.82) is 0 Å². The van der Waals surface area contributed by atoms with Gasteiger partial charge < -0.3 is 15.7 Å². The number of carbonyl (C=O) groups is 2. The summed E-state index contributed by atoms with van der Waals surface area (Å²) in [4.78, 5) is 28.7. The normalized spacial score (nSPS) is 11.4. The van der Waals surface area contributed by atoms with E-state index >= 15 is 0 Å². The van der Waals surface area contributed by atoms with E-state index in [0.717, 1.165) is 0 Å². The molecule has 0 saturated carbocycles. The van der Waals surface area contributed by atoms with Gasteiger partial charge in [0.15, 0.2) is 11.2 Å². The summed E-state index contributed by atoms with van der Waals surface area (Å²) in [6, 6.07) is 22.6. The standard InChI is InChI=1S/C28H19F2N3O3S.CH4/c29-20-11-13-23-24(15-20)37-28(32-23)31-22-12-10-19(14-21(22)30)16-6-8-18(9-7-16)26(34)33-25(27(35)36)17-4-2-1-3-5-17;/h1-15,25H,(H,31,32)(H,33,34)(H,35,36);1H4/t25-;/m0./s1. The lowest BCUT2D eigenvalue weighted by Gasteiger charge is -2.15. The number of thiazole rings is 1. The van der Waals surface area contributed by atoms with E-state index in [1.165, 1.54) is 29.5 Å². The number of aliphatic carboxylic acids is 1. The van der Waals surface area contributed by atoms with Crippen LogP contribution >= 0.6 is 11.3 Å². The van der Waals surface area contributed by atoms with E-state index in [4.69, 9.17) is 0 Å². The first-order valence-corrected chi connectivity index (χ1v) is 12.0. The zero-order chi connectivity index (χ0) is 25.9. The van der Waals surface area contributed by atoms with E-state index in [0.29, 0.717) is 32.0 Å². The van der Waals surface area contributed by atoms with E-state index in [1.54, 1.807) is 72.8 Å². The molecular weight excluding hydrogens is 508 g/mol. The number of hydrogen-bond donors (Lipinski definition) is 3. The van der Waals surface area contributed by atoms with Gasteiger partial charge in [0, 0.05) is 5.56 Å². The van der Waals surface area contributed by atoms with Gasteiger partial charge in [0.1, 0.15) is 11.6 Å². The predicted octanol–water partition coefficient (Wildman–Crippen LogP) is 7.18. The second-order valence-electron chi connectivity index (χ2n) is 8.18. The third-order valence-electron chi connectivity index (χ3n) is 5.70. The number of carboxylic acid groups (broad SMARTS) is 1. The Bertz CT molecular complexity index is 1610. The molecule has 1 heterocycles. The Balaban J connectivity index is 0.00000336. The average Bonchev–Trinajstić information content (AvgIpc) is 3.30. The van der Waals surface area contributed by atoms with Crippen molar-refractivity contribution >= 4 is 44.2 Å². The van der Waals surface area contributed by atoms with E-state index in [-0.39, 0.29) is 24.5 Å². The second-order valence-corrected chi connectivity index (χ2v) is 9.21. The maximum absolute atomic E-state index is 14.9. The summed E-state index contributed by atoms with van der Waals surface area (Å²) in [6.45, 7) is 0. The fraction of sp³-hybridized carbons (Fsp3) is 0.0690. The number of benzene rings is 4. The minimum Gasteiger partial charge on any atom is -0.479 e. The molecule has 6 nitrogen and oxygen atoms in total. The molecule has 9 heteroatoms. The van der Waals surface area contributed by atoms with Gasteiger partial charge in [-0.3, -0.25) is 4.79 Å². The van der Waals surface area contributed by atoms with Crippen LogP contribution in [-0.4, -0.2) is 22.0 Å². The molecule has 1 aromatic heterocycles. The first kappa shape index (κ1) is 26.4. The van der Waals surface area contributed by atoms with Crippen LogP contribution in [0.3, 0.4) is 0 Å². The largest absolute Gasteiger partial charge is 0.479 e. The highest BCUT2D eigenvalue weighted by Crippen LogP contribution is 2.31. The quantitative estimate of drug-likeness (QED) is 0.207. The van der Waals surface area contributed by atoms with E-state index in [1.807, 2.05) is 0 Å². The van der Waals surface area contributed by atoms with E-state index in [2.05, 4.69) is 15.6 Å². The fourth-order valence-corrected chi connectivity index (χ4v) is 4.73. The maximum atomic E-state index is 14.9. The third-order valence-corrected chi connectivity index (χ3v) is 6.63. The Morgan fingerprint density at radius 3 is 2.26 bits per heavy atom. The van der Waals surface area contributed by atoms with E-state index < -0.39 is 23.7 Å². The van der Waals surface area contributed by atoms with Gasteiger partial charge in [0.25, 0.3) is 5.91 Å². The SMILES string of the molecule is C.O=C(N[C@H](C(=O)O)c1ccccc1)c1ccc(-c2ccc(Nc3nc4ccc(F)cc4s3)c(F)c2)cc1. The molecule has 5 rings (SSSR count). The first-order chi connectivity index (χ1) is 17.9. The molecule has 0 aliphatic carbocycles. The lowest BCUT2D eigenvalue weighted by Crippen LogP contribution is -2.33. The number of halogens is 2. The van der Waals surface area contributed by atoms with Crippen LogP contribution in [0.25, 0.3) is 21.3 Å². The Morgan fingerprint density at radius 1 is 0.868 bits per heavy atom. The summed E-state index contributed by atoms with van der Waals surface area (Å²) in [5, 5.41) is 15.4. The lowest BCUT2D eigenvalue weighted by atomic mass is 10.0. The first-order valence-electron chi connectivity index (χ1n) is 11.2. The molecule has 0 bridgehead atoms. The van der Waals surface area contributed by atoms with Gasteiger partial charge in [0.2, 0.25) is 0 Å². The number of anilines is 2. The fourth-order valence-electron chi connectivity index (χ4n) is 3.82. The topological polar surface area (TPSA) is 91.3 Å². The van der Waals surface area contributed by atoms with Gasteiger partial charge in [-0.05, 0) is 59.2 Å². The van der Waals surface area contributed by atoms with Crippen molar-refractivity contribution < 1.29 is 23.5 Å². The smallest absolute Gasteiger partial charge is 0.330 e. The number of carboxylic acids is 1. The van der Waals surface area contributed by atoms with Crippen molar-refractivity contribution in [2.24, 2.45) is 0 Å². The van der Waals surface area contributed by atoms with Crippen LogP contribution < -0.4 is 10.6 Å². The summed E-state index contributed by atoms with van der Waals surface area (Å²) in [6.07, 6.45) is 0. The lowest BCUT2D eigenvalue weighted by molar-refractivity contribution is -0.139. The molecule has 38 heavy (non-hydrogen) atoms. The summed E-state index contributed by atoms with van der Waals surface area (Å²) < 4.78 is 28.9. The minimum atomic E-state index is -1.18. The molecule has 1 amide bonds.